The number of fused-ring (bicyclic) bond motifs is 1. The summed E-state index contributed by atoms with van der Waals surface area (Å²) in [5, 5.41) is 8.90. The second-order valence-corrected chi connectivity index (χ2v) is 3.90. The molecule has 0 atom stereocenters. The van der Waals surface area contributed by atoms with Gasteiger partial charge in [0.2, 0.25) is 0 Å². The lowest BCUT2D eigenvalue weighted by molar-refractivity contribution is 0.952. The Morgan fingerprint density at radius 1 is 1.24 bits per heavy atom. The second-order valence-electron chi connectivity index (χ2n) is 3.63. The maximum Gasteiger partial charge on any atom is 0.152 e. The van der Waals surface area contributed by atoms with Gasteiger partial charge < -0.3 is 0 Å². The maximum absolute atomic E-state index is 5.81. The number of halogens is 1. The molecule has 0 radical (unpaired) electrons. The minimum Gasteiger partial charge on any atom is -0.285 e. The molecule has 2 aromatic heterocycles. The maximum atomic E-state index is 5.81. The van der Waals surface area contributed by atoms with Crippen LogP contribution in [0.1, 0.15) is 5.82 Å². The zero-order valence-electron chi connectivity index (χ0n) is 8.92. The SMILES string of the molecule is ClCc1nncn1-c1ccc2ncccc2c1. The molecule has 84 valence electrons. The van der Waals surface area contributed by atoms with Crippen molar-refractivity contribution in [3.05, 3.63) is 48.7 Å². The number of nitrogens with zero attached hydrogens (tertiary/aromatic N) is 4. The van der Waals surface area contributed by atoms with E-state index in [0.29, 0.717) is 5.88 Å². The summed E-state index contributed by atoms with van der Waals surface area (Å²) < 4.78 is 1.87. The fourth-order valence-corrected chi connectivity index (χ4v) is 1.96. The van der Waals surface area contributed by atoms with Crippen molar-refractivity contribution in [2.24, 2.45) is 0 Å². The summed E-state index contributed by atoms with van der Waals surface area (Å²) in [4.78, 5) is 4.28. The fourth-order valence-electron chi connectivity index (χ4n) is 1.78. The Balaban J connectivity index is 2.18. The molecule has 1 aromatic carbocycles. The third-order valence-corrected chi connectivity index (χ3v) is 2.84. The summed E-state index contributed by atoms with van der Waals surface area (Å²) in [6.07, 6.45) is 3.44. The lowest BCUT2D eigenvalue weighted by Crippen LogP contribution is -1.97. The highest BCUT2D eigenvalue weighted by Gasteiger charge is 2.05. The van der Waals surface area contributed by atoms with Gasteiger partial charge in [-0.2, -0.15) is 0 Å². The number of benzene rings is 1. The van der Waals surface area contributed by atoms with Gasteiger partial charge in [-0.1, -0.05) is 6.07 Å². The highest BCUT2D eigenvalue weighted by atomic mass is 35.5. The number of hydrogen-bond donors (Lipinski definition) is 0. The molecule has 0 unspecified atom stereocenters. The first-order valence-electron chi connectivity index (χ1n) is 5.18. The lowest BCUT2D eigenvalue weighted by atomic mass is 10.2. The first-order chi connectivity index (χ1) is 8.38. The van der Waals surface area contributed by atoms with E-state index in [-0.39, 0.29) is 0 Å². The third kappa shape index (κ3) is 1.76. The molecule has 5 heteroatoms. The number of alkyl halides is 1. The van der Waals surface area contributed by atoms with Gasteiger partial charge in [0, 0.05) is 17.3 Å². The van der Waals surface area contributed by atoms with Crippen LogP contribution < -0.4 is 0 Å². The summed E-state index contributed by atoms with van der Waals surface area (Å²) in [6, 6.07) is 9.94. The molecule has 0 saturated heterocycles. The van der Waals surface area contributed by atoms with Crippen LogP contribution in [0.5, 0.6) is 0 Å². The molecular weight excluding hydrogens is 236 g/mol. The molecule has 0 fully saturated rings. The quantitative estimate of drug-likeness (QED) is 0.651. The fraction of sp³-hybridized carbons (Fsp3) is 0.0833. The molecule has 0 bridgehead atoms. The summed E-state index contributed by atoms with van der Waals surface area (Å²) in [6.45, 7) is 0. The number of rotatable bonds is 2. The van der Waals surface area contributed by atoms with E-state index < -0.39 is 0 Å². The molecule has 3 aromatic rings. The van der Waals surface area contributed by atoms with Gasteiger partial charge in [0.25, 0.3) is 0 Å². The van der Waals surface area contributed by atoms with Crippen molar-refractivity contribution in [2.45, 2.75) is 5.88 Å². The minimum absolute atomic E-state index is 0.338. The van der Waals surface area contributed by atoms with Crippen LogP contribution >= 0.6 is 11.6 Å². The lowest BCUT2D eigenvalue weighted by Gasteiger charge is -2.05. The van der Waals surface area contributed by atoms with Crippen LogP contribution in [0.4, 0.5) is 0 Å². The number of pyridine rings is 1. The van der Waals surface area contributed by atoms with Gasteiger partial charge in [-0.15, -0.1) is 21.8 Å². The molecule has 0 N–H and O–H groups in total. The van der Waals surface area contributed by atoms with Crippen molar-refractivity contribution in [3.8, 4) is 5.69 Å². The van der Waals surface area contributed by atoms with E-state index in [2.05, 4.69) is 15.2 Å². The van der Waals surface area contributed by atoms with Crippen LogP contribution in [0.15, 0.2) is 42.9 Å². The summed E-state index contributed by atoms with van der Waals surface area (Å²) in [7, 11) is 0. The van der Waals surface area contributed by atoms with E-state index in [0.717, 1.165) is 22.4 Å². The highest BCUT2D eigenvalue weighted by Crippen LogP contribution is 2.17. The van der Waals surface area contributed by atoms with Crippen LogP contribution in [0.2, 0.25) is 0 Å². The number of hydrogen-bond acceptors (Lipinski definition) is 3. The Morgan fingerprint density at radius 2 is 2.18 bits per heavy atom. The average molecular weight is 245 g/mol. The Labute approximate surface area is 103 Å². The molecule has 0 amide bonds. The van der Waals surface area contributed by atoms with E-state index in [4.69, 9.17) is 11.6 Å². The van der Waals surface area contributed by atoms with Crippen LogP contribution in [0, 0.1) is 0 Å². The van der Waals surface area contributed by atoms with Crippen molar-refractivity contribution < 1.29 is 0 Å². The van der Waals surface area contributed by atoms with Gasteiger partial charge in [0.1, 0.15) is 6.33 Å². The van der Waals surface area contributed by atoms with Crippen molar-refractivity contribution in [3.63, 3.8) is 0 Å². The summed E-state index contributed by atoms with van der Waals surface area (Å²) in [5.74, 6) is 1.07. The molecule has 0 aliphatic heterocycles. The predicted octanol–water partition coefficient (Wildman–Crippen LogP) is 2.55. The highest BCUT2D eigenvalue weighted by molar-refractivity contribution is 6.16. The summed E-state index contributed by atoms with van der Waals surface area (Å²) >= 11 is 5.81. The molecule has 3 rings (SSSR count). The molecular formula is C12H9ClN4. The molecule has 0 saturated carbocycles. The Kier molecular flexibility index (Phi) is 2.49. The third-order valence-electron chi connectivity index (χ3n) is 2.60. The largest absolute Gasteiger partial charge is 0.285 e. The molecule has 2 heterocycles. The molecule has 17 heavy (non-hydrogen) atoms. The minimum atomic E-state index is 0.338. The molecule has 0 aliphatic carbocycles. The smallest absolute Gasteiger partial charge is 0.152 e. The number of aromatic nitrogens is 4. The van der Waals surface area contributed by atoms with Gasteiger partial charge in [0.05, 0.1) is 11.4 Å². The van der Waals surface area contributed by atoms with Gasteiger partial charge in [-0.3, -0.25) is 9.55 Å². The molecule has 0 aliphatic rings. The van der Waals surface area contributed by atoms with Crippen LogP contribution in [-0.2, 0) is 5.88 Å². The zero-order chi connectivity index (χ0) is 11.7. The van der Waals surface area contributed by atoms with Crippen molar-refractivity contribution in [1.29, 1.82) is 0 Å². The van der Waals surface area contributed by atoms with Crippen molar-refractivity contribution >= 4 is 22.5 Å². The first-order valence-corrected chi connectivity index (χ1v) is 5.72. The Hall–Kier alpha value is -1.94. The van der Waals surface area contributed by atoms with E-state index in [9.17, 15) is 0 Å². The molecule has 0 spiro atoms. The van der Waals surface area contributed by atoms with E-state index in [1.54, 1.807) is 12.5 Å². The summed E-state index contributed by atoms with van der Waals surface area (Å²) in [5.41, 5.74) is 1.96. The van der Waals surface area contributed by atoms with Crippen LogP contribution in [-0.4, -0.2) is 19.7 Å². The van der Waals surface area contributed by atoms with Crippen LogP contribution in [0.3, 0.4) is 0 Å². The van der Waals surface area contributed by atoms with Crippen molar-refractivity contribution in [1.82, 2.24) is 19.7 Å². The van der Waals surface area contributed by atoms with Gasteiger partial charge in [-0.25, -0.2) is 0 Å². The molecule has 4 nitrogen and oxygen atoms in total. The monoisotopic (exact) mass is 244 g/mol. The van der Waals surface area contributed by atoms with Crippen LogP contribution in [0.25, 0.3) is 16.6 Å². The van der Waals surface area contributed by atoms with Gasteiger partial charge in [0.15, 0.2) is 5.82 Å². The van der Waals surface area contributed by atoms with E-state index in [1.807, 2.05) is 34.9 Å². The second kappa shape index (κ2) is 4.14. The average Bonchev–Trinajstić information content (AvgIpc) is 2.86. The predicted molar refractivity (Wildman–Crippen MR) is 66.2 cm³/mol. The normalized spacial score (nSPS) is 10.9. The van der Waals surface area contributed by atoms with Gasteiger partial charge in [-0.05, 0) is 24.3 Å². The Bertz CT molecular complexity index is 662. The standard InChI is InChI=1S/C12H9ClN4/c13-7-12-16-15-8-17(12)10-3-4-11-9(6-10)2-1-5-14-11/h1-6,8H,7H2. The van der Waals surface area contributed by atoms with E-state index >= 15 is 0 Å². The zero-order valence-corrected chi connectivity index (χ0v) is 9.67. The van der Waals surface area contributed by atoms with Gasteiger partial charge >= 0.3 is 0 Å². The van der Waals surface area contributed by atoms with E-state index in [1.165, 1.54) is 0 Å². The Morgan fingerprint density at radius 3 is 3.06 bits per heavy atom. The topological polar surface area (TPSA) is 43.6 Å². The van der Waals surface area contributed by atoms with Crippen molar-refractivity contribution in [2.75, 3.05) is 0 Å². The first kappa shape index (κ1) is 10.2.